The van der Waals surface area contributed by atoms with E-state index < -0.39 is 0 Å². The summed E-state index contributed by atoms with van der Waals surface area (Å²) in [6, 6.07) is 12.0. The van der Waals surface area contributed by atoms with Crippen molar-refractivity contribution >= 4 is 23.8 Å². The van der Waals surface area contributed by atoms with Crippen LogP contribution in [0.3, 0.4) is 0 Å². The van der Waals surface area contributed by atoms with Crippen LogP contribution in [0.2, 0.25) is 0 Å². The Bertz CT molecular complexity index is 869. The second-order valence-corrected chi connectivity index (χ2v) is 10.4. The van der Waals surface area contributed by atoms with Crippen molar-refractivity contribution in [2.45, 2.75) is 77.2 Å². The fraction of sp³-hybridized carbons (Fsp3) is 0.462. The molecule has 2 aromatic carbocycles. The van der Waals surface area contributed by atoms with Crippen LogP contribution in [0.5, 0.6) is 0 Å². The second-order valence-electron chi connectivity index (χ2n) is 10.4. The summed E-state index contributed by atoms with van der Waals surface area (Å²) in [6.45, 7) is 18.4. The molecule has 0 saturated heterocycles. The van der Waals surface area contributed by atoms with Gasteiger partial charge in [0.15, 0.2) is 0 Å². The van der Waals surface area contributed by atoms with E-state index in [1.54, 1.807) is 5.57 Å². The molecule has 0 N–H and O–H groups in total. The molecule has 2 aromatic rings. The van der Waals surface area contributed by atoms with Gasteiger partial charge in [-0.25, -0.2) is 0 Å². The number of benzene rings is 2. The summed E-state index contributed by atoms with van der Waals surface area (Å²) >= 11 is 2.36. The zero-order chi connectivity index (χ0) is 20.1. The summed E-state index contributed by atoms with van der Waals surface area (Å²) < 4.78 is 0.538. The van der Waals surface area contributed by atoms with Crippen LogP contribution in [0.4, 0.5) is 0 Å². The zero-order valence-corrected chi connectivity index (χ0v) is 18.7. The van der Waals surface area contributed by atoms with E-state index in [1.807, 2.05) is 0 Å². The van der Waals surface area contributed by atoms with E-state index >= 15 is 0 Å². The van der Waals surface area contributed by atoms with Crippen molar-refractivity contribution in [3.8, 4) is 11.1 Å². The predicted molar refractivity (Wildman–Crippen MR) is 121 cm³/mol. The Hall–Kier alpha value is -1.22. The molecule has 0 heterocycles. The normalized spacial score (nSPS) is 17.1. The summed E-state index contributed by atoms with van der Waals surface area (Å²) in [5.74, 6) is 0. The molecule has 0 aliphatic heterocycles. The van der Waals surface area contributed by atoms with Gasteiger partial charge in [0.25, 0.3) is 0 Å². The topological polar surface area (TPSA) is 0 Å². The standard InChI is InChI=1S/C26H33.Li/c1-9-18-12-19-10-17(2)11-23(24(19)13-18)20-14-21(25(3,4)5)16-22(15-20)26(6,7)8;/h10-16H,9H2,1-8H3;. The average molecular weight is 352 g/mol. The van der Waals surface area contributed by atoms with Crippen molar-refractivity contribution in [2.24, 2.45) is 0 Å². The van der Waals surface area contributed by atoms with Gasteiger partial charge in [-0.3, -0.25) is 0 Å². The zero-order valence-electron chi connectivity index (χ0n) is 18.7. The molecule has 27 heavy (non-hydrogen) atoms. The van der Waals surface area contributed by atoms with Crippen molar-refractivity contribution in [3.05, 3.63) is 63.7 Å². The molecule has 0 amide bonds. The fourth-order valence-corrected chi connectivity index (χ4v) is 4.15. The van der Waals surface area contributed by atoms with E-state index in [-0.39, 0.29) is 10.8 Å². The van der Waals surface area contributed by atoms with E-state index in [0.717, 1.165) is 6.42 Å². The average Bonchev–Trinajstić information content (AvgIpc) is 2.88. The van der Waals surface area contributed by atoms with Crippen LogP contribution in [-0.2, 0) is 10.8 Å². The van der Waals surface area contributed by atoms with Gasteiger partial charge in [-0.1, -0.05) is 0 Å². The van der Waals surface area contributed by atoms with Crippen LogP contribution in [0, 0.1) is 6.92 Å². The van der Waals surface area contributed by atoms with Crippen molar-refractivity contribution in [1.29, 1.82) is 0 Å². The van der Waals surface area contributed by atoms with Gasteiger partial charge >= 0.3 is 176 Å². The maximum atomic E-state index is 2.45. The van der Waals surface area contributed by atoms with Gasteiger partial charge < -0.3 is 0 Å². The third-order valence-electron chi connectivity index (χ3n) is 6.09. The van der Waals surface area contributed by atoms with Crippen LogP contribution >= 0.6 is 0 Å². The summed E-state index contributed by atoms with van der Waals surface area (Å²) in [5.41, 5.74) is 11.7. The molecule has 0 nitrogen and oxygen atoms in total. The third kappa shape index (κ3) is 3.99. The molecule has 1 heteroatoms. The van der Waals surface area contributed by atoms with E-state index in [9.17, 15) is 0 Å². The van der Waals surface area contributed by atoms with Crippen molar-refractivity contribution in [2.75, 3.05) is 0 Å². The molecule has 0 spiro atoms. The Morgan fingerprint density at radius 2 is 1.41 bits per heavy atom. The van der Waals surface area contributed by atoms with E-state index in [0.29, 0.717) is 4.59 Å². The Kier molecular flexibility index (Phi) is 5.31. The molecule has 0 fully saturated rings. The van der Waals surface area contributed by atoms with E-state index in [4.69, 9.17) is 0 Å². The Labute approximate surface area is 175 Å². The number of fused-ring (bicyclic) bond motifs is 1. The van der Waals surface area contributed by atoms with Crippen LogP contribution < -0.4 is 0 Å². The first kappa shape index (κ1) is 20.5. The minimum atomic E-state index is 0.140. The summed E-state index contributed by atoms with van der Waals surface area (Å²) in [4.78, 5) is 0. The van der Waals surface area contributed by atoms with Crippen molar-refractivity contribution < 1.29 is 0 Å². The summed E-state index contributed by atoms with van der Waals surface area (Å²) in [5, 5.41) is 0. The van der Waals surface area contributed by atoms with E-state index in [2.05, 4.69) is 110 Å². The SMILES string of the molecule is [Li][CH]1C(CC)=Cc2c(-c3cc(C(C)(C)C)cc(C(C)(C)C)c3)cc(C)cc21. The van der Waals surface area contributed by atoms with Crippen LogP contribution in [0.15, 0.2) is 35.9 Å². The quantitative estimate of drug-likeness (QED) is 0.498. The Balaban J connectivity index is 2.30. The molecule has 1 aliphatic rings. The van der Waals surface area contributed by atoms with Gasteiger partial charge in [-0.05, 0) is 0 Å². The number of hydrogen-bond donors (Lipinski definition) is 0. The number of aryl methyl sites for hydroxylation is 1. The first-order valence-electron chi connectivity index (χ1n) is 10.4. The molecule has 0 aromatic heterocycles. The molecular formula is C26H33Li. The molecule has 1 atom stereocenters. The van der Waals surface area contributed by atoms with Gasteiger partial charge in [0.05, 0.1) is 0 Å². The van der Waals surface area contributed by atoms with Gasteiger partial charge in [0.1, 0.15) is 0 Å². The van der Waals surface area contributed by atoms with Crippen molar-refractivity contribution in [3.63, 3.8) is 0 Å². The van der Waals surface area contributed by atoms with E-state index in [1.165, 1.54) is 38.9 Å². The summed E-state index contributed by atoms with van der Waals surface area (Å²) in [7, 11) is 0. The number of rotatable bonds is 2. The molecule has 138 valence electrons. The Morgan fingerprint density at radius 3 is 1.89 bits per heavy atom. The molecule has 0 radical (unpaired) electrons. The first-order chi connectivity index (χ1) is 12.4. The molecule has 1 aliphatic carbocycles. The molecule has 3 rings (SSSR count). The predicted octanol–water partition coefficient (Wildman–Crippen LogP) is 7.27. The molecule has 1 unspecified atom stereocenters. The van der Waals surface area contributed by atoms with Crippen molar-refractivity contribution in [1.82, 2.24) is 0 Å². The maximum absolute atomic E-state index is 2.45. The third-order valence-corrected chi connectivity index (χ3v) is 6.09. The van der Waals surface area contributed by atoms with Gasteiger partial charge in [0.2, 0.25) is 0 Å². The fourth-order valence-electron chi connectivity index (χ4n) is 4.15. The van der Waals surface area contributed by atoms with Gasteiger partial charge in [0, 0.05) is 0 Å². The minimum absolute atomic E-state index is 0.140. The molecule has 0 bridgehead atoms. The Morgan fingerprint density at radius 1 is 0.852 bits per heavy atom. The second kappa shape index (κ2) is 6.99. The molecular weight excluding hydrogens is 319 g/mol. The summed E-state index contributed by atoms with van der Waals surface area (Å²) in [6.07, 6.45) is 3.58. The number of allylic oxidation sites excluding steroid dienone is 1. The van der Waals surface area contributed by atoms with Gasteiger partial charge in [-0.15, -0.1) is 0 Å². The monoisotopic (exact) mass is 352 g/mol. The molecule has 0 saturated carbocycles. The van der Waals surface area contributed by atoms with Crippen LogP contribution in [0.1, 0.15) is 87.3 Å². The van der Waals surface area contributed by atoms with Crippen LogP contribution in [-0.4, -0.2) is 17.7 Å². The first-order valence-corrected chi connectivity index (χ1v) is 10.4. The van der Waals surface area contributed by atoms with Crippen LogP contribution in [0.25, 0.3) is 17.2 Å². The van der Waals surface area contributed by atoms with Gasteiger partial charge in [-0.2, -0.15) is 0 Å². The number of hydrogen-bond acceptors (Lipinski definition) is 0.